The van der Waals surface area contributed by atoms with Crippen LogP contribution < -0.4 is 10.1 Å². The van der Waals surface area contributed by atoms with Crippen LogP contribution in [-0.2, 0) is 0 Å². The minimum absolute atomic E-state index is 0.152. The number of hydrogen-bond donors (Lipinski definition) is 2. The summed E-state index contributed by atoms with van der Waals surface area (Å²) in [6, 6.07) is 6.79. The van der Waals surface area contributed by atoms with Crippen LogP contribution in [-0.4, -0.2) is 24.4 Å². The molecule has 1 aromatic rings. The standard InChI is InChI=1S/C14H21F2NO2/c1-3-13(17-9-8-10(2)18)11-4-6-12(7-5-11)19-14(15)16/h4-7,10,13-14,17-18H,3,8-9H2,1-2H3. The summed E-state index contributed by atoms with van der Waals surface area (Å²) in [6.07, 6.45) is 1.24. The van der Waals surface area contributed by atoms with Gasteiger partial charge in [-0.2, -0.15) is 8.78 Å². The van der Waals surface area contributed by atoms with Crippen molar-refractivity contribution in [2.75, 3.05) is 6.54 Å². The van der Waals surface area contributed by atoms with Crippen molar-refractivity contribution in [2.24, 2.45) is 0 Å². The van der Waals surface area contributed by atoms with Gasteiger partial charge in [0.1, 0.15) is 5.75 Å². The zero-order chi connectivity index (χ0) is 14.3. The average Bonchev–Trinajstić information content (AvgIpc) is 2.35. The first-order valence-corrected chi connectivity index (χ1v) is 6.49. The highest BCUT2D eigenvalue weighted by Gasteiger charge is 2.10. The number of aliphatic hydroxyl groups is 1. The molecule has 0 saturated heterocycles. The van der Waals surface area contributed by atoms with Gasteiger partial charge in [-0.05, 0) is 44.0 Å². The summed E-state index contributed by atoms with van der Waals surface area (Å²) in [6.45, 7) is 1.71. The van der Waals surface area contributed by atoms with Crippen LogP contribution in [0.2, 0.25) is 0 Å². The van der Waals surface area contributed by atoms with E-state index in [2.05, 4.69) is 10.1 Å². The van der Waals surface area contributed by atoms with Gasteiger partial charge in [0.15, 0.2) is 0 Å². The molecule has 19 heavy (non-hydrogen) atoms. The highest BCUT2D eigenvalue weighted by atomic mass is 19.3. The van der Waals surface area contributed by atoms with Gasteiger partial charge in [-0.15, -0.1) is 0 Å². The van der Waals surface area contributed by atoms with E-state index in [1.54, 1.807) is 31.2 Å². The Labute approximate surface area is 112 Å². The van der Waals surface area contributed by atoms with E-state index in [0.29, 0.717) is 13.0 Å². The Kier molecular flexibility index (Phi) is 6.73. The molecule has 0 spiro atoms. The van der Waals surface area contributed by atoms with Crippen LogP contribution in [0.4, 0.5) is 8.78 Å². The maximum absolute atomic E-state index is 12.0. The zero-order valence-electron chi connectivity index (χ0n) is 11.3. The second-order valence-corrected chi connectivity index (χ2v) is 4.50. The number of alkyl halides is 2. The molecule has 2 unspecified atom stereocenters. The van der Waals surface area contributed by atoms with E-state index in [9.17, 15) is 13.9 Å². The minimum Gasteiger partial charge on any atom is -0.435 e. The van der Waals surface area contributed by atoms with Gasteiger partial charge in [0.2, 0.25) is 0 Å². The highest BCUT2D eigenvalue weighted by Crippen LogP contribution is 2.21. The summed E-state index contributed by atoms with van der Waals surface area (Å²) in [4.78, 5) is 0. The van der Waals surface area contributed by atoms with Crippen LogP contribution in [0, 0.1) is 0 Å². The van der Waals surface area contributed by atoms with E-state index in [1.165, 1.54) is 0 Å². The fourth-order valence-corrected chi connectivity index (χ4v) is 1.85. The number of halogens is 2. The molecule has 108 valence electrons. The molecule has 0 fully saturated rings. The second kappa shape index (κ2) is 8.07. The van der Waals surface area contributed by atoms with E-state index in [1.807, 2.05) is 6.92 Å². The lowest BCUT2D eigenvalue weighted by atomic mass is 10.0. The molecule has 0 aliphatic rings. The summed E-state index contributed by atoms with van der Waals surface area (Å²) in [5, 5.41) is 12.5. The molecule has 1 rings (SSSR count). The molecule has 0 amide bonds. The van der Waals surface area contributed by atoms with Crippen molar-refractivity contribution < 1.29 is 18.6 Å². The quantitative estimate of drug-likeness (QED) is 0.764. The van der Waals surface area contributed by atoms with Crippen LogP contribution in [0.3, 0.4) is 0 Å². The van der Waals surface area contributed by atoms with Gasteiger partial charge in [0, 0.05) is 6.04 Å². The number of ether oxygens (including phenoxy) is 1. The molecule has 0 aliphatic heterocycles. The van der Waals surface area contributed by atoms with Crippen LogP contribution >= 0.6 is 0 Å². The monoisotopic (exact) mass is 273 g/mol. The molecule has 0 aliphatic carbocycles. The SMILES string of the molecule is CCC(NCCC(C)O)c1ccc(OC(F)F)cc1. The topological polar surface area (TPSA) is 41.5 Å². The molecular formula is C14H21F2NO2. The van der Waals surface area contributed by atoms with Crippen molar-refractivity contribution in [3.05, 3.63) is 29.8 Å². The third kappa shape index (κ3) is 5.98. The maximum Gasteiger partial charge on any atom is 0.387 e. The number of nitrogens with one attached hydrogen (secondary N) is 1. The maximum atomic E-state index is 12.0. The van der Waals surface area contributed by atoms with E-state index in [-0.39, 0.29) is 17.9 Å². The van der Waals surface area contributed by atoms with Crippen molar-refractivity contribution in [2.45, 2.75) is 45.4 Å². The summed E-state index contributed by atoms with van der Waals surface area (Å²) < 4.78 is 28.4. The molecule has 2 N–H and O–H groups in total. The van der Waals surface area contributed by atoms with E-state index in [4.69, 9.17) is 0 Å². The first-order chi connectivity index (χ1) is 9.02. The summed E-state index contributed by atoms with van der Waals surface area (Å²) >= 11 is 0. The van der Waals surface area contributed by atoms with Crippen molar-refractivity contribution in [3.8, 4) is 5.75 Å². The van der Waals surface area contributed by atoms with Gasteiger partial charge in [0.05, 0.1) is 6.10 Å². The average molecular weight is 273 g/mol. The molecule has 0 bridgehead atoms. The molecule has 1 aromatic carbocycles. The van der Waals surface area contributed by atoms with Gasteiger partial charge in [-0.1, -0.05) is 19.1 Å². The Bertz CT molecular complexity index is 355. The Hall–Kier alpha value is -1.20. The fourth-order valence-electron chi connectivity index (χ4n) is 1.85. The number of aliphatic hydroxyl groups excluding tert-OH is 1. The van der Waals surface area contributed by atoms with Crippen molar-refractivity contribution in [1.82, 2.24) is 5.32 Å². The highest BCUT2D eigenvalue weighted by molar-refractivity contribution is 5.29. The smallest absolute Gasteiger partial charge is 0.387 e. The van der Waals surface area contributed by atoms with Gasteiger partial charge < -0.3 is 15.2 Å². The lowest BCUT2D eigenvalue weighted by Crippen LogP contribution is -2.24. The minimum atomic E-state index is -2.79. The van der Waals surface area contributed by atoms with Crippen LogP contribution in [0.5, 0.6) is 5.75 Å². The summed E-state index contributed by atoms with van der Waals surface area (Å²) in [5.74, 6) is 0.164. The van der Waals surface area contributed by atoms with Gasteiger partial charge in [0.25, 0.3) is 0 Å². The normalized spacial score (nSPS) is 14.4. The summed E-state index contributed by atoms with van der Waals surface area (Å²) in [7, 11) is 0. The van der Waals surface area contributed by atoms with Crippen LogP contribution in [0.15, 0.2) is 24.3 Å². The summed E-state index contributed by atoms with van der Waals surface area (Å²) in [5.41, 5.74) is 1.02. The van der Waals surface area contributed by atoms with E-state index >= 15 is 0 Å². The molecule has 0 radical (unpaired) electrons. The molecule has 0 aromatic heterocycles. The third-order valence-corrected chi connectivity index (χ3v) is 2.87. The molecule has 3 nitrogen and oxygen atoms in total. The van der Waals surface area contributed by atoms with Crippen molar-refractivity contribution in [3.63, 3.8) is 0 Å². The lowest BCUT2D eigenvalue weighted by Gasteiger charge is -2.18. The van der Waals surface area contributed by atoms with Crippen LogP contribution in [0.1, 0.15) is 38.3 Å². The van der Waals surface area contributed by atoms with Crippen molar-refractivity contribution in [1.29, 1.82) is 0 Å². The Morgan fingerprint density at radius 1 is 1.26 bits per heavy atom. The largest absolute Gasteiger partial charge is 0.435 e. The molecular weight excluding hydrogens is 252 g/mol. The molecule has 0 heterocycles. The van der Waals surface area contributed by atoms with Gasteiger partial charge in [-0.25, -0.2) is 0 Å². The molecule has 5 heteroatoms. The first-order valence-electron chi connectivity index (χ1n) is 6.49. The second-order valence-electron chi connectivity index (χ2n) is 4.50. The predicted octanol–water partition coefficient (Wildman–Crippen LogP) is 3.10. The van der Waals surface area contributed by atoms with E-state index in [0.717, 1.165) is 12.0 Å². The van der Waals surface area contributed by atoms with Crippen LogP contribution in [0.25, 0.3) is 0 Å². The Balaban J connectivity index is 2.55. The Morgan fingerprint density at radius 2 is 1.89 bits per heavy atom. The molecule has 2 atom stereocenters. The number of hydrogen-bond acceptors (Lipinski definition) is 3. The number of rotatable bonds is 8. The fraction of sp³-hybridized carbons (Fsp3) is 0.571. The third-order valence-electron chi connectivity index (χ3n) is 2.87. The van der Waals surface area contributed by atoms with Crippen molar-refractivity contribution >= 4 is 0 Å². The zero-order valence-corrected chi connectivity index (χ0v) is 11.3. The molecule has 0 saturated carbocycles. The number of benzene rings is 1. The Morgan fingerprint density at radius 3 is 2.37 bits per heavy atom. The predicted molar refractivity (Wildman–Crippen MR) is 70.4 cm³/mol. The van der Waals surface area contributed by atoms with Gasteiger partial charge >= 0.3 is 6.61 Å². The van der Waals surface area contributed by atoms with E-state index < -0.39 is 6.61 Å². The lowest BCUT2D eigenvalue weighted by molar-refractivity contribution is -0.0498. The van der Waals surface area contributed by atoms with Gasteiger partial charge in [-0.3, -0.25) is 0 Å². The first kappa shape index (κ1) is 15.9.